The lowest BCUT2D eigenvalue weighted by molar-refractivity contribution is 0.459. The third-order valence-electron chi connectivity index (χ3n) is 2.80. The summed E-state index contributed by atoms with van der Waals surface area (Å²) in [5.41, 5.74) is 8.74. The standard InChI is InChI=1S/C12H18BrNO/c1-7(4-5-14)11-9(3)12(13)8(2)6-10(11)15/h6-7,15H,4-5,14H2,1-3H3. The molecule has 84 valence electrons. The second-order valence-corrected chi connectivity index (χ2v) is 4.84. The Bertz CT molecular complexity index is 363. The number of nitrogens with two attached hydrogens (primary N) is 1. The van der Waals surface area contributed by atoms with Crippen molar-refractivity contribution in [3.05, 3.63) is 27.2 Å². The second-order valence-electron chi connectivity index (χ2n) is 4.04. The van der Waals surface area contributed by atoms with Crippen LogP contribution in [0.4, 0.5) is 0 Å². The number of aromatic hydroxyl groups is 1. The number of aryl methyl sites for hydroxylation is 1. The van der Waals surface area contributed by atoms with Crippen molar-refractivity contribution in [3.8, 4) is 5.75 Å². The summed E-state index contributed by atoms with van der Waals surface area (Å²) in [6, 6.07) is 1.80. The molecule has 0 saturated heterocycles. The fourth-order valence-corrected chi connectivity index (χ4v) is 2.30. The van der Waals surface area contributed by atoms with Gasteiger partial charge >= 0.3 is 0 Å². The first-order valence-corrected chi connectivity index (χ1v) is 5.97. The lowest BCUT2D eigenvalue weighted by Crippen LogP contribution is -2.06. The van der Waals surface area contributed by atoms with Gasteiger partial charge < -0.3 is 10.8 Å². The molecule has 0 fully saturated rings. The summed E-state index contributed by atoms with van der Waals surface area (Å²) in [6.07, 6.45) is 0.893. The summed E-state index contributed by atoms with van der Waals surface area (Å²) in [6.45, 7) is 6.75. The average molecular weight is 272 g/mol. The molecule has 0 aliphatic heterocycles. The van der Waals surface area contributed by atoms with Gasteiger partial charge in [-0.05, 0) is 49.9 Å². The molecule has 15 heavy (non-hydrogen) atoms. The van der Waals surface area contributed by atoms with E-state index in [9.17, 15) is 5.11 Å². The summed E-state index contributed by atoms with van der Waals surface area (Å²) in [7, 11) is 0. The number of hydrogen-bond donors (Lipinski definition) is 2. The first-order valence-electron chi connectivity index (χ1n) is 5.17. The van der Waals surface area contributed by atoms with E-state index in [4.69, 9.17) is 5.73 Å². The first-order chi connectivity index (χ1) is 6.99. The maximum absolute atomic E-state index is 9.93. The van der Waals surface area contributed by atoms with E-state index >= 15 is 0 Å². The zero-order valence-corrected chi connectivity index (χ0v) is 11.1. The van der Waals surface area contributed by atoms with Gasteiger partial charge in [-0.25, -0.2) is 0 Å². The molecule has 0 heterocycles. The predicted octanol–water partition coefficient (Wildman–Crippen LogP) is 3.22. The van der Waals surface area contributed by atoms with Gasteiger partial charge in [-0.3, -0.25) is 0 Å². The van der Waals surface area contributed by atoms with Crippen LogP contribution in [0.1, 0.15) is 36.0 Å². The van der Waals surface area contributed by atoms with Crippen LogP contribution in [0.15, 0.2) is 10.5 Å². The minimum absolute atomic E-state index is 0.298. The van der Waals surface area contributed by atoms with Gasteiger partial charge in [-0.2, -0.15) is 0 Å². The van der Waals surface area contributed by atoms with E-state index in [1.165, 1.54) is 0 Å². The lowest BCUT2D eigenvalue weighted by atomic mass is 9.91. The van der Waals surface area contributed by atoms with Crippen LogP contribution in [-0.2, 0) is 0 Å². The van der Waals surface area contributed by atoms with Gasteiger partial charge in [-0.1, -0.05) is 22.9 Å². The zero-order valence-electron chi connectivity index (χ0n) is 9.47. The molecule has 0 saturated carbocycles. The number of hydrogen-bond acceptors (Lipinski definition) is 2. The molecule has 0 aliphatic rings. The summed E-state index contributed by atoms with van der Waals surface area (Å²) in [4.78, 5) is 0. The Morgan fingerprint density at radius 2 is 2.07 bits per heavy atom. The van der Waals surface area contributed by atoms with Crippen LogP contribution in [0, 0.1) is 13.8 Å². The van der Waals surface area contributed by atoms with Crippen LogP contribution in [-0.4, -0.2) is 11.7 Å². The Kier molecular flexibility index (Phi) is 4.17. The molecule has 3 N–H and O–H groups in total. The van der Waals surface area contributed by atoms with Gasteiger partial charge in [-0.15, -0.1) is 0 Å². The van der Waals surface area contributed by atoms with Crippen molar-refractivity contribution in [2.45, 2.75) is 33.1 Å². The number of benzene rings is 1. The quantitative estimate of drug-likeness (QED) is 0.887. The Morgan fingerprint density at radius 3 is 2.60 bits per heavy atom. The van der Waals surface area contributed by atoms with Crippen molar-refractivity contribution in [1.29, 1.82) is 0 Å². The van der Waals surface area contributed by atoms with Crippen molar-refractivity contribution in [1.82, 2.24) is 0 Å². The molecule has 0 spiro atoms. The molecule has 3 heteroatoms. The van der Waals surface area contributed by atoms with E-state index in [-0.39, 0.29) is 0 Å². The highest BCUT2D eigenvalue weighted by Crippen LogP contribution is 2.36. The molecule has 0 aliphatic carbocycles. The Labute approximate surface area is 99.6 Å². The van der Waals surface area contributed by atoms with Gasteiger partial charge in [0.1, 0.15) is 5.75 Å². The molecular formula is C12H18BrNO. The van der Waals surface area contributed by atoms with Crippen molar-refractivity contribution in [3.63, 3.8) is 0 Å². The van der Waals surface area contributed by atoms with Crippen molar-refractivity contribution < 1.29 is 5.11 Å². The second kappa shape index (κ2) is 4.99. The third-order valence-corrected chi connectivity index (χ3v) is 4.02. The summed E-state index contributed by atoms with van der Waals surface area (Å²) in [5, 5.41) is 9.93. The van der Waals surface area contributed by atoms with Gasteiger partial charge in [0, 0.05) is 10.0 Å². The van der Waals surface area contributed by atoms with Crippen LogP contribution in [0.25, 0.3) is 0 Å². The molecule has 0 aromatic heterocycles. The molecule has 1 aromatic carbocycles. The number of phenols is 1. The summed E-state index contributed by atoms with van der Waals surface area (Å²) < 4.78 is 1.08. The highest BCUT2D eigenvalue weighted by molar-refractivity contribution is 9.10. The molecule has 0 bridgehead atoms. The topological polar surface area (TPSA) is 46.2 Å². The van der Waals surface area contributed by atoms with E-state index in [2.05, 4.69) is 22.9 Å². The fraction of sp³-hybridized carbons (Fsp3) is 0.500. The highest BCUT2D eigenvalue weighted by atomic mass is 79.9. The Morgan fingerprint density at radius 1 is 1.47 bits per heavy atom. The van der Waals surface area contributed by atoms with Crippen molar-refractivity contribution in [2.24, 2.45) is 5.73 Å². The van der Waals surface area contributed by atoms with Crippen LogP contribution in [0.2, 0.25) is 0 Å². The minimum atomic E-state index is 0.298. The van der Waals surface area contributed by atoms with Crippen LogP contribution >= 0.6 is 15.9 Å². The monoisotopic (exact) mass is 271 g/mol. The first kappa shape index (κ1) is 12.5. The van der Waals surface area contributed by atoms with E-state index in [0.717, 1.165) is 27.6 Å². The van der Waals surface area contributed by atoms with Crippen LogP contribution in [0.3, 0.4) is 0 Å². The van der Waals surface area contributed by atoms with Crippen molar-refractivity contribution >= 4 is 15.9 Å². The zero-order chi connectivity index (χ0) is 11.6. The molecule has 0 amide bonds. The van der Waals surface area contributed by atoms with E-state index < -0.39 is 0 Å². The largest absolute Gasteiger partial charge is 0.508 e. The van der Waals surface area contributed by atoms with Crippen molar-refractivity contribution in [2.75, 3.05) is 6.54 Å². The van der Waals surface area contributed by atoms with Gasteiger partial charge in [0.15, 0.2) is 0 Å². The summed E-state index contributed by atoms with van der Waals surface area (Å²) >= 11 is 3.54. The van der Waals surface area contributed by atoms with Crippen LogP contribution < -0.4 is 5.73 Å². The molecular weight excluding hydrogens is 254 g/mol. The molecule has 1 rings (SSSR count). The maximum atomic E-state index is 9.93. The third kappa shape index (κ3) is 2.52. The van der Waals surface area contributed by atoms with E-state index in [0.29, 0.717) is 18.2 Å². The molecule has 2 nitrogen and oxygen atoms in total. The molecule has 1 unspecified atom stereocenters. The fourth-order valence-electron chi connectivity index (χ4n) is 1.97. The Hall–Kier alpha value is -0.540. The molecule has 1 atom stereocenters. The van der Waals surface area contributed by atoms with E-state index in [1.54, 1.807) is 6.07 Å². The highest BCUT2D eigenvalue weighted by Gasteiger charge is 2.16. The van der Waals surface area contributed by atoms with Crippen LogP contribution in [0.5, 0.6) is 5.75 Å². The smallest absolute Gasteiger partial charge is 0.119 e. The number of rotatable bonds is 3. The SMILES string of the molecule is Cc1cc(O)c(C(C)CCN)c(C)c1Br. The number of phenolic OH excluding ortho intramolecular Hbond substituents is 1. The lowest BCUT2D eigenvalue weighted by Gasteiger charge is -2.18. The molecule has 0 radical (unpaired) electrons. The van der Waals surface area contributed by atoms with Gasteiger partial charge in [0.25, 0.3) is 0 Å². The van der Waals surface area contributed by atoms with Gasteiger partial charge in [0.2, 0.25) is 0 Å². The maximum Gasteiger partial charge on any atom is 0.119 e. The normalized spacial score (nSPS) is 12.9. The Balaban J connectivity index is 3.23. The molecule has 1 aromatic rings. The van der Waals surface area contributed by atoms with E-state index in [1.807, 2.05) is 13.8 Å². The minimum Gasteiger partial charge on any atom is -0.508 e. The predicted molar refractivity (Wildman–Crippen MR) is 67.4 cm³/mol. The number of halogens is 1. The van der Waals surface area contributed by atoms with Gasteiger partial charge in [0.05, 0.1) is 0 Å². The average Bonchev–Trinajstić information content (AvgIpc) is 2.15. The summed E-state index contributed by atoms with van der Waals surface area (Å²) in [5.74, 6) is 0.682.